The van der Waals surface area contributed by atoms with Gasteiger partial charge in [0, 0.05) is 30.4 Å². The van der Waals surface area contributed by atoms with Crippen molar-refractivity contribution < 1.29 is 4.79 Å². The van der Waals surface area contributed by atoms with Gasteiger partial charge in [-0.25, -0.2) is 0 Å². The molecule has 3 aromatic heterocycles. The molecule has 8 nitrogen and oxygen atoms in total. The summed E-state index contributed by atoms with van der Waals surface area (Å²) >= 11 is 0. The second-order valence-corrected chi connectivity index (χ2v) is 7.14. The van der Waals surface area contributed by atoms with Gasteiger partial charge in [-0.15, -0.1) is 15.3 Å². The Morgan fingerprint density at radius 2 is 2.00 bits per heavy atom. The van der Waals surface area contributed by atoms with E-state index in [2.05, 4.69) is 44.8 Å². The lowest BCUT2D eigenvalue weighted by atomic mass is 10.2. The molecule has 0 aromatic carbocycles. The van der Waals surface area contributed by atoms with E-state index in [-0.39, 0.29) is 18.2 Å². The van der Waals surface area contributed by atoms with E-state index in [1.807, 2.05) is 32.0 Å². The molecule has 3 heterocycles. The Morgan fingerprint density at radius 1 is 1.21 bits per heavy atom. The van der Waals surface area contributed by atoms with Crippen LogP contribution in [0.15, 0.2) is 30.6 Å². The molecule has 3 aromatic rings. The largest absolute Gasteiger partial charge is 0.366 e. The average molecular weight is 381 g/mol. The summed E-state index contributed by atoms with van der Waals surface area (Å²) in [5, 5.41) is 19.6. The standard InChI is InChI=1S/C20H27N7O/c1-5-15(6-2)22-17-11-16(20-25-24-19(13(3)4)27(20)26-17)23-18(28)10-14-8-7-9-21-12-14/h7-9,11-13,15H,5-6,10H2,1-4H3,(H,22,26)(H,23,28). The first kappa shape index (κ1) is 19.7. The molecule has 0 saturated carbocycles. The van der Waals surface area contributed by atoms with Gasteiger partial charge in [0.05, 0.1) is 12.1 Å². The monoisotopic (exact) mass is 381 g/mol. The van der Waals surface area contributed by atoms with Crippen molar-refractivity contribution in [2.45, 2.75) is 58.9 Å². The molecule has 0 bridgehead atoms. The molecule has 0 aliphatic rings. The van der Waals surface area contributed by atoms with Crippen molar-refractivity contribution in [3.8, 4) is 0 Å². The first-order valence-electron chi connectivity index (χ1n) is 9.73. The van der Waals surface area contributed by atoms with Gasteiger partial charge in [0.1, 0.15) is 5.82 Å². The third-order valence-corrected chi connectivity index (χ3v) is 4.61. The number of carbonyl (C=O) groups excluding carboxylic acids is 1. The van der Waals surface area contributed by atoms with E-state index in [0.717, 1.165) is 24.2 Å². The van der Waals surface area contributed by atoms with E-state index < -0.39 is 0 Å². The van der Waals surface area contributed by atoms with Crippen LogP contribution in [0, 0.1) is 0 Å². The molecule has 0 aliphatic carbocycles. The second kappa shape index (κ2) is 8.77. The van der Waals surface area contributed by atoms with Crippen molar-refractivity contribution in [2.75, 3.05) is 10.6 Å². The van der Waals surface area contributed by atoms with E-state index in [9.17, 15) is 4.79 Å². The fourth-order valence-electron chi connectivity index (χ4n) is 3.00. The molecule has 0 unspecified atom stereocenters. The number of rotatable bonds is 8. The quantitative estimate of drug-likeness (QED) is 0.620. The maximum absolute atomic E-state index is 12.6. The molecule has 0 saturated heterocycles. The number of aromatic nitrogens is 5. The van der Waals surface area contributed by atoms with Gasteiger partial charge < -0.3 is 10.6 Å². The highest BCUT2D eigenvalue weighted by molar-refractivity contribution is 5.95. The van der Waals surface area contributed by atoms with Crippen LogP contribution in [0.25, 0.3) is 5.65 Å². The fourth-order valence-corrected chi connectivity index (χ4v) is 3.00. The minimum Gasteiger partial charge on any atom is -0.366 e. The van der Waals surface area contributed by atoms with Crippen LogP contribution in [0.5, 0.6) is 0 Å². The summed E-state index contributed by atoms with van der Waals surface area (Å²) in [7, 11) is 0. The highest BCUT2D eigenvalue weighted by Gasteiger charge is 2.18. The number of hydrogen-bond donors (Lipinski definition) is 2. The van der Waals surface area contributed by atoms with Gasteiger partial charge in [0.2, 0.25) is 11.6 Å². The molecule has 2 N–H and O–H groups in total. The van der Waals surface area contributed by atoms with Gasteiger partial charge in [-0.05, 0) is 24.5 Å². The van der Waals surface area contributed by atoms with Crippen LogP contribution in [0.3, 0.4) is 0 Å². The number of hydrogen-bond acceptors (Lipinski definition) is 6. The number of fused-ring (bicyclic) bond motifs is 1. The Bertz CT molecular complexity index is 932. The second-order valence-electron chi connectivity index (χ2n) is 7.14. The smallest absolute Gasteiger partial charge is 0.228 e. The molecule has 0 atom stereocenters. The van der Waals surface area contributed by atoms with Crippen LogP contribution in [0.2, 0.25) is 0 Å². The summed E-state index contributed by atoms with van der Waals surface area (Å²) in [4.78, 5) is 16.6. The van der Waals surface area contributed by atoms with Crippen LogP contribution in [0.4, 0.5) is 11.5 Å². The maximum Gasteiger partial charge on any atom is 0.228 e. The normalized spacial score (nSPS) is 11.4. The van der Waals surface area contributed by atoms with E-state index >= 15 is 0 Å². The molecule has 0 aliphatic heterocycles. The summed E-state index contributed by atoms with van der Waals surface area (Å²) in [5.74, 6) is 1.47. The minimum absolute atomic E-state index is 0.135. The Hall–Kier alpha value is -3.03. The number of amides is 1. The number of anilines is 2. The zero-order chi connectivity index (χ0) is 20.1. The molecular weight excluding hydrogens is 354 g/mol. The van der Waals surface area contributed by atoms with Gasteiger partial charge in [-0.1, -0.05) is 33.8 Å². The highest BCUT2D eigenvalue weighted by Crippen LogP contribution is 2.23. The van der Waals surface area contributed by atoms with E-state index in [0.29, 0.717) is 23.2 Å². The zero-order valence-corrected chi connectivity index (χ0v) is 16.8. The lowest BCUT2D eigenvalue weighted by Gasteiger charge is -2.17. The van der Waals surface area contributed by atoms with E-state index in [1.54, 1.807) is 16.9 Å². The summed E-state index contributed by atoms with van der Waals surface area (Å²) in [5.41, 5.74) is 1.99. The average Bonchev–Trinajstić information content (AvgIpc) is 3.11. The SMILES string of the molecule is CCC(CC)Nc1cc(NC(=O)Cc2cccnc2)c2nnc(C(C)C)n2n1. The van der Waals surface area contributed by atoms with Crippen LogP contribution in [-0.4, -0.2) is 36.7 Å². The molecule has 3 rings (SSSR count). The first-order chi connectivity index (χ1) is 13.5. The summed E-state index contributed by atoms with van der Waals surface area (Å²) in [6.07, 6.45) is 5.59. The van der Waals surface area contributed by atoms with Gasteiger partial charge >= 0.3 is 0 Å². The summed E-state index contributed by atoms with van der Waals surface area (Å²) in [6, 6.07) is 5.83. The first-order valence-corrected chi connectivity index (χ1v) is 9.73. The van der Waals surface area contributed by atoms with Crippen molar-refractivity contribution in [1.82, 2.24) is 24.8 Å². The molecular formula is C20H27N7O. The molecule has 1 amide bonds. The molecule has 0 fully saturated rings. The summed E-state index contributed by atoms with van der Waals surface area (Å²) < 4.78 is 1.72. The Labute approximate surface area is 164 Å². The van der Waals surface area contributed by atoms with Crippen LogP contribution in [0.1, 0.15) is 57.8 Å². The molecule has 8 heteroatoms. The lowest BCUT2D eigenvalue weighted by molar-refractivity contribution is -0.115. The van der Waals surface area contributed by atoms with Gasteiger partial charge in [0.15, 0.2) is 5.82 Å². The van der Waals surface area contributed by atoms with Crippen molar-refractivity contribution in [2.24, 2.45) is 0 Å². The van der Waals surface area contributed by atoms with Crippen LogP contribution in [-0.2, 0) is 11.2 Å². The molecule has 28 heavy (non-hydrogen) atoms. The molecule has 0 radical (unpaired) electrons. The van der Waals surface area contributed by atoms with Crippen molar-refractivity contribution in [3.05, 3.63) is 42.0 Å². The fraction of sp³-hybridized carbons (Fsp3) is 0.450. The predicted molar refractivity (Wildman–Crippen MR) is 109 cm³/mol. The van der Waals surface area contributed by atoms with Gasteiger partial charge in [-0.3, -0.25) is 9.78 Å². The number of pyridine rings is 1. The van der Waals surface area contributed by atoms with Crippen LogP contribution >= 0.6 is 0 Å². The third-order valence-electron chi connectivity index (χ3n) is 4.61. The number of nitrogens with one attached hydrogen (secondary N) is 2. The number of nitrogens with zero attached hydrogens (tertiary/aromatic N) is 5. The zero-order valence-electron chi connectivity index (χ0n) is 16.8. The number of carbonyl (C=O) groups is 1. The lowest BCUT2D eigenvalue weighted by Crippen LogP contribution is -2.20. The highest BCUT2D eigenvalue weighted by atomic mass is 16.1. The van der Waals surface area contributed by atoms with Gasteiger partial charge in [0.25, 0.3) is 0 Å². The Kier molecular flexibility index (Phi) is 6.18. The predicted octanol–water partition coefficient (Wildman–Crippen LogP) is 3.42. The van der Waals surface area contributed by atoms with Crippen molar-refractivity contribution in [3.63, 3.8) is 0 Å². The third kappa shape index (κ3) is 4.44. The minimum atomic E-state index is -0.135. The topological polar surface area (TPSA) is 97.1 Å². The van der Waals surface area contributed by atoms with Crippen LogP contribution < -0.4 is 10.6 Å². The molecule has 148 valence electrons. The van der Waals surface area contributed by atoms with Crippen molar-refractivity contribution in [1.29, 1.82) is 0 Å². The van der Waals surface area contributed by atoms with E-state index in [1.165, 1.54) is 0 Å². The Morgan fingerprint density at radius 3 is 2.64 bits per heavy atom. The van der Waals surface area contributed by atoms with E-state index in [4.69, 9.17) is 0 Å². The van der Waals surface area contributed by atoms with Crippen molar-refractivity contribution >= 4 is 23.1 Å². The maximum atomic E-state index is 12.6. The summed E-state index contributed by atoms with van der Waals surface area (Å²) in [6.45, 7) is 8.35. The Balaban J connectivity index is 1.93. The molecule has 0 spiro atoms. The van der Waals surface area contributed by atoms with Gasteiger partial charge in [-0.2, -0.15) is 4.52 Å².